The van der Waals surface area contributed by atoms with Crippen molar-refractivity contribution < 1.29 is 9.84 Å². The lowest BCUT2D eigenvalue weighted by Gasteiger charge is -2.18. The van der Waals surface area contributed by atoms with Gasteiger partial charge in [-0.2, -0.15) is 0 Å². The summed E-state index contributed by atoms with van der Waals surface area (Å²) in [6.07, 6.45) is 6.24. The molecule has 0 aliphatic carbocycles. The lowest BCUT2D eigenvalue weighted by Crippen LogP contribution is -2.22. The highest BCUT2D eigenvalue weighted by molar-refractivity contribution is 7.80. The number of thiocarbonyl (C=S) groups is 1. The van der Waals surface area contributed by atoms with Crippen LogP contribution in [0.3, 0.4) is 0 Å². The van der Waals surface area contributed by atoms with Gasteiger partial charge >= 0.3 is 0 Å². The van der Waals surface area contributed by atoms with Gasteiger partial charge < -0.3 is 9.84 Å². The van der Waals surface area contributed by atoms with Crippen LogP contribution in [0, 0.1) is 5.92 Å². The molecule has 1 rings (SSSR count). The lowest BCUT2D eigenvalue weighted by molar-refractivity contribution is 0.223. The molecule has 0 heterocycles. The number of unbranched alkanes of at least 4 members (excludes halogenated alkanes) is 1. The summed E-state index contributed by atoms with van der Waals surface area (Å²) >= 11 is 5.38. The number of phenolic OH excluding ortho intramolecular Hbond substituents is 1. The molecule has 1 N–H and O–H groups in total. The van der Waals surface area contributed by atoms with E-state index in [1.54, 1.807) is 0 Å². The average molecular weight is 380 g/mol. The quantitative estimate of drug-likeness (QED) is 0.444. The van der Waals surface area contributed by atoms with Crippen LogP contribution in [0.25, 0.3) is 0 Å². The molecule has 4 heteroatoms. The molecule has 0 spiro atoms. The van der Waals surface area contributed by atoms with E-state index >= 15 is 0 Å². The first-order valence-electron chi connectivity index (χ1n) is 10.2. The van der Waals surface area contributed by atoms with Gasteiger partial charge in [-0.25, -0.2) is 0 Å². The highest BCUT2D eigenvalue weighted by Crippen LogP contribution is 2.22. The second kappa shape index (κ2) is 13.1. The van der Waals surface area contributed by atoms with Crippen LogP contribution in [0.5, 0.6) is 5.75 Å². The summed E-state index contributed by atoms with van der Waals surface area (Å²) in [5.41, 5.74) is 2.09. The third-order valence-corrected chi connectivity index (χ3v) is 5.39. The summed E-state index contributed by atoms with van der Waals surface area (Å²) in [7, 11) is 0. The SMILES string of the molecule is CCCCC(CC)COC(=S)CCc1ccc(CN(CC)CC)cc1O. The molecule has 3 nitrogen and oxygen atoms in total. The van der Waals surface area contributed by atoms with E-state index in [1.165, 1.54) is 19.3 Å². The smallest absolute Gasteiger partial charge is 0.160 e. The molecule has 0 saturated heterocycles. The zero-order valence-electron chi connectivity index (χ0n) is 17.1. The Hall–Kier alpha value is -1.13. The highest BCUT2D eigenvalue weighted by atomic mass is 32.1. The Morgan fingerprint density at radius 2 is 1.92 bits per heavy atom. The summed E-state index contributed by atoms with van der Waals surface area (Å²) in [6, 6.07) is 6.01. The van der Waals surface area contributed by atoms with Crippen molar-refractivity contribution in [3.8, 4) is 5.75 Å². The fourth-order valence-corrected chi connectivity index (χ4v) is 3.21. The van der Waals surface area contributed by atoms with Gasteiger partial charge in [0.1, 0.15) is 5.75 Å². The Morgan fingerprint density at radius 3 is 2.50 bits per heavy atom. The van der Waals surface area contributed by atoms with E-state index in [0.717, 1.165) is 50.2 Å². The van der Waals surface area contributed by atoms with Gasteiger partial charge in [-0.3, -0.25) is 4.90 Å². The van der Waals surface area contributed by atoms with Gasteiger partial charge in [0, 0.05) is 13.0 Å². The van der Waals surface area contributed by atoms with Gasteiger partial charge in [0.15, 0.2) is 5.05 Å². The fraction of sp³-hybridized carbons (Fsp3) is 0.682. The van der Waals surface area contributed by atoms with Gasteiger partial charge in [0.25, 0.3) is 0 Å². The third-order valence-electron chi connectivity index (χ3n) is 5.07. The highest BCUT2D eigenvalue weighted by Gasteiger charge is 2.10. The van der Waals surface area contributed by atoms with Crippen LogP contribution in [-0.4, -0.2) is 34.8 Å². The molecule has 26 heavy (non-hydrogen) atoms. The Balaban J connectivity index is 2.45. The molecule has 148 valence electrons. The maximum Gasteiger partial charge on any atom is 0.160 e. The first-order valence-corrected chi connectivity index (χ1v) is 10.6. The topological polar surface area (TPSA) is 32.7 Å². The summed E-state index contributed by atoms with van der Waals surface area (Å²) in [5.74, 6) is 0.965. The van der Waals surface area contributed by atoms with Crippen molar-refractivity contribution in [3.05, 3.63) is 29.3 Å². The predicted octanol–water partition coefficient (Wildman–Crippen LogP) is 5.73. The van der Waals surface area contributed by atoms with E-state index < -0.39 is 0 Å². The molecule has 0 aromatic heterocycles. The molecule has 0 aliphatic rings. The minimum atomic E-state index is 0.367. The Labute approximate surface area is 165 Å². The van der Waals surface area contributed by atoms with Crippen molar-refractivity contribution in [2.24, 2.45) is 5.92 Å². The largest absolute Gasteiger partial charge is 0.508 e. The summed E-state index contributed by atoms with van der Waals surface area (Å²) in [5, 5.41) is 11.0. The number of aryl methyl sites for hydroxylation is 1. The number of aromatic hydroxyl groups is 1. The molecule has 0 aliphatic heterocycles. The van der Waals surface area contributed by atoms with Crippen molar-refractivity contribution >= 4 is 17.3 Å². The molecule has 0 fully saturated rings. The van der Waals surface area contributed by atoms with Crippen LogP contribution in [0.1, 0.15) is 70.9 Å². The average Bonchev–Trinajstić information content (AvgIpc) is 2.65. The summed E-state index contributed by atoms with van der Waals surface area (Å²) in [6.45, 7) is 12.4. The fourth-order valence-electron chi connectivity index (χ4n) is 3.04. The van der Waals surface area contributed by atoms with E-state index in [1.807, 2.05) is 12.1 Å². The monoisotopic (exact) mass is 379 g/mol. The summed E-state index contributed by atoms with van der Waals surface area (Å²) < 4.78 is 5.80. The minimum absolute atomic E-state index is 0.367. The van der Waals surface area contributed by atoms with Gasteiger partial charge in [-0.1, -0.05) is 59.1 Å². The van der Waals surface area contributed by atoms with Crippen LogP contribution in [0.15, 0.2) is 18.2 Å². The first kappa shape index (κ1) is 22.9. The Bertz CT molecular complexity index is 529. The van der Waals surface area contributed by atoms with Crippen LogP contribution >= 0.6 is 12.2 Å². The van der Waals surface area contributed by atoms with E-state index in [-0.39, 0.29) is 0 Å². The number of ether oxygens (including phenoxy) is 1. The molecule has 0 saturated carbocycles. The maximum absolute atomic E-state index is 10.3. The molecule has 1 atom stereocenters. The zero-order chi connectivity index (χ0) is 19.4. The minimum Gasteiger partial charge on any atom is -0.508 e. The predicted molar refractivity (Wildman–Crippen MR) is 115 cm³/mol. The van der Waals surface area contributed by atoms with E-state index in [4.69, 9.17) is 17.0 Å². The molecule has 0 radical (unpaired) electrons. The lowest BCUT2D eigenvalue weighted by atomic mass is 10.0. The zero-order valence-corrected chi connectivity index (χ0v) is 17.9. The van der Waals surface area contributed by atoms with Gasteiger partial charge in [-0.15, -0.1) is 0 Å². The van der Waals surface area contributed by atoms with Crippen molar-refractivity contribution in [1.29, 1.82) is 0 Å². The Kier molecular flexibility index (Phi) is 11.5. The summed E-state index contributed by atoms with van der Waals surface area (Å²) in [4.78, 5) is 2.33. The van der Waals surface area contributed by atoms with Gasteiger partial charge in [0.05, 0.1) is 6.61 Å². The third kappa shape index (κ3) is 8.50. The number of benzene rings is 1. The molecule has 1 aromatic rings. The second-order valence-corrected chi connectivity index (χ2v) is 7.48. The van der Waals surface area contributed by atoms with Crippen LogP contribution in [0.4, 0.5) is 0 Å². The van der Waals surface area contributed by atoms with E-state index in [9.17, 15) is 5.11 Å². The number of hydrogen-bond donors (Lipinski definition) is 1. The molecular weight excluding hydrogens is 342 g/mol. The van der Waals surface area contributed by atoms with Crippen LogP contribution < -0.4 is 0 Å². The van der Waals surface area contributed by atoms with Gasteiger partial charge in [0.2, 0.25) is 0 Å². The molecular formula is C22H37NO2S. The number of hydrogen-bond acceptors (Lipinski definition) is 4. The standard InChI is InChI=1S/C22H37NO2S/c1-5-9-10-18(6-2)17-25-22(26)14-13-20-12-11-19(15-21(20)24)16-23(7-3)8-4/h11-12,15,18,24H,5-10,13-14,16-17H2,1-4H3. The van der Waals surface area contributed by atoms with Crippen molar-refractivity contribution in [3.63, 3.8) is 0 Å². The molecule has 1 unspecified atom stereocenters. The number of nitrogens with zero attached hydrogens (tertiary/aromatic N) is 1. The molecule has 1 aromatic carbocycles. The maximum atomic E-state index is 10.3. The van der Waals surface area contributed by atoms with Crippen molar-refractivity contribution in [2.75, 3.05) is 19.7 Å². The van der Waals surface area contributed by atoms with Crippen LogP contribution in [-0.2, 0) is 17.7 Å². The van der Waals surface area contributed by atoms with Crippen molar-refractivity contribution in [2.45, 2.75) is 72.8 Å². The molecule has 0 amide bonds. The van der Waals surface area contributed by atoms with E-state index in [0.29, 0.717) is 23.1 Å². The van der Waals surface area contributed by atoms with E-state index in [2.05, 4.69) is 38.7 Å². The van der Waals surface area contributed by atoms with Gasteiger partial charge in [-0.05, 0) is 61.3 Å². The van der Waals surface area contributed by atoms with Crippen molar-refractivity contribution in [1.82, 2.24) is 4.90 Å². The molecule has 0 bridgehead atoms. The number of rotatable bonds is 13. The Morgan fingerprint density at radius 1 is 1.19 bits per heavy atom. The van der Waals surface area contributed by atoms with Crippen LogP contribution in [0.2, 0.25) is 0 Å². The first-order chi connectivity index (χ1) is 12.5. The normalized spacial score (nSPS) is 12.3. The number of phenols is 1. The second-order valence-electron chi connectivity index (χ2n) is 7.02.